The number of para-hydroxylation sites is 1. The third-order valence-electron chi connectivity index (χ3n) is 6.32. The van der Waals surface area contributed by atoms with Gasteiger partial charge in [-0.3, -0.25) is 14.2 Å². The first-order valence-corrected chi connectivity index (χ1v) is 16.4. The number of piperidine rings is 1. The van der Waals surface area contributed by atoms with Gasteiger partial charge in [-0.15, -0.1) is 11.8 Å². The van der Waals surface area contributed by atoms with Gasteiger partial charge >= 0.3 is 0 Å². The Hall–Kier alpha value is -2.73. The molecule has 1 aliphatic heterocycles. The molecule has 38 heavy (non-hydrogen) atoms. The zero-order chi connectivity index (χ0) is 27.5. The standard InChI is InChI=1S/C26H28ClN3O5S3/c1-18-13-15-30(16-14-18)26(31)22-17-21(11-12-25(22)36-2)38(34,35)28-19-7-9-20(10-8-19)37(32,33)29-24-6-4-3-5-23(24)27/h3-12,17-18,28-29H,13-16H2,1-2H3. The molecule has 0 spiro atoms. The van der Waals surface area contributed by atoms with E-state index in [0.29, 0.717) is 29.5 Å². The number of anilines is 2. The summed E-state index contributed by atoms with van der Waals surface area (Å²) in [5.41, 5.74) is 0.757. The van der Waals surface area contributed by atoms with Gasteiger partial charge in [0, 0.05) is 23.7 Å². The van der Waals surface area contributed by atoms with Crippen LogP contribution in [0.15, 0.2) is 81.4 Å². The molecule has 8 nitrogen and oxygen atoms in total. The Balaban J connectivity index is 1.53. The molecule has 0 unspecified atom stereocenters. The average Bonchev–Trinajstić information content (AvgIpc) is 2.89. The van der Waals surface area contributed by atoms with E-state index in [-0.39, 0.29) is 32.1 Å². The largest absolute Gasteiger partial charge is 0.339 e. The molecule has 1 aliphatic rings. The molecule has 2 N–H and O–H groups in total. The number of carbonyl (C=O) groups excluding carboxylic acids is 1. The van der Waals surface area contributed by atoms with Gasteiger partial charge in [-0.1, -0.05) is 30.7 Å². The van der Waals surface area contributed by atoms with Gasteiger partial charge in [-0.2, -0.15) is 0 Å². The van der Waals surface area contributed by atoms with Crippen LogP contribution < -0.4 is 9.44 Å². The molecule has 0 aliphatic carbocycles. The van der Waals surface area contributed by atoms with Crippen LogP contribution in [0, 0.1) is 5.92 Å². The summed E-state index contributed by atoms with van der Waals surface area (Å²) >= 11 is 7.43. The fourth-order valence-electron chi connectivity index (χ4n) is 4.07. The first-order valence-electron chi connectivity index (χ1n) is 11.9. The molecule has 0 radical (unpaired) electrons. The zero-order valence-corrected chi connectivity index (χ0v) is 24.1. The van der Waals surface area contributed by atoms with E-state index in [1.807, 2.05) is 6.26 Å². The van der Waals surface area contributed by atoms with Crippen LogP contribution in [0.5, 0.6) is 0 Å². The Morgan fingerprint density at radius 3 is 2.13 bits per heavy atom. The number of amides is 1. The second-order valence-electron chi connectivity index (χ2n) is 9.05. The highest BCUT2D eigenvalue weighted by Gasteiger charge is 2.26. The van der Waals surface area contributed by atoms with Crippen molar-refractivity contribution >= 4 is 60.7 Å². The molecule has 1 fully saturated rings. The predicted molar refractivity (Wildman–Crippen MR) is 152 cm³/mol. The van der Waals surface area contributed by atoms with Crippen molar-refractivity contribution in [2.24, 2.45) is 5.92 Å². The molecule has 1 saturated heterocycles. The minimum absolute atomic E-state index is 0.0545. The van der Waals surface area contributed by atoms with Gasteiger partial charge in [0.2, 0.25) is 0 Å². The zero-order valence-electron chi connectivity index (χ0n) is 20.8. The fourth-order valence-corrected chi connectivity index (χ4v) is 7.04. The SMILES string of the molecule is CSc1ccc(S(=O)(=O)Nc2ccc(S(=O)(=O)Nc3ccccc3Cl)cc2)cc1C(=O)N1CCC(C)CC1. The summed E-state index contributed by atoms with van der Waals surface area (Å²) in [7, 11) is -7.99. The number of hydrogen-bond donors (Lipinski definition) is 2. The van der Waals surface area contributed by atoms with Crippen molar-refractivity contribution in [3.63, 3.8) is 0 Å². The lowest BCUT2D eigenvalue weighted by Crippen LogP contribution is -2.38. The van der Waals surface area contributed by atoms with Crippen LogP contribution in [0.2, 0.25) is 5.02 Å². The summed E-state index contributed by atoms with van der Waals surface area (Å²) in [5.74, 6) is 0.377. The quantitative estimate of drug-likeness (QED) is 0.332. The Morgan fingerprint density at radius 2 is 1.50 bits per heavy atom. The van der Waals surface area contributed by atoms with Crippen LogP contribution in [-0.2, 0) is 20.0 Å². The van der Waals surface area contributed by atoms with Crippen molar-refractivity contribution in [1.82, 2.24) is 4.90 Å². The van der Waals surface area contributed by atoms with Crippen molar-refractivity contribution in [3.8, 4) is 0 Å². The van der Waals surface area contributed by atoms with Crippen molar-refractivity contribution in [2.45, 2.75) is 34.5 Å². The summed E-state index contributed by atoms with van der Waals surface area (Å²) < 4.78 is 56.7. The molecule has 0 aromatic heterocycles. The lowest BCUT2D eigenvalue weighted by molar-refractivity contribution is 0.0693. The highest BCUT2D eigenvalue weighted by molar-refractivity contribution is 7.98. The first kappa shape index (κ1) is 28.3. The van der Waals surface area contributed by atoms with E-state index in [1.54, 1.807) is 29.2 Å². The fraction of sp³-hybridized carbons (Fsp3) is 0.269. The van der Waals surface area contributed by atoms with Gasteiger partial charge in [0.1, 0.15) is 0 Å². The van der Waals surface area contributed by atoms with Gasteiger partial charge in [0.25, 0.3) is 26.0 Å². The maximum Gasteiger partial charge on any atom is 0.261 e. The molecular weight excluding hydrogens is 566 g/mol. The van der Waals surface area contributed by atoms with Crippen molar-refractivity contribution in [1.29, 1.82) is 0 Å². The van der Waals surface area contributed by atoms with Crippen LogP contribution in [0.3, 0.4) is 0 Å². The molecule has 0 saturated carbocycles. The minimum Gasteiger partial charge on any atom is -0.339 e. The van der Waals surface area contributed by atoms with Gasteiger partial charge in [-0.05, 0) is 79.6 Å². The van der Waals surface area contributed by atoms with E-state index >= 15 is 0 Å². The lowest BCUT2D eigenvalue weighted by Gasteiger charge is -2.30. The van der Waals surface area contributed by atoms with Gasteiger partial charge in [-0.25, -0.2) is 16.8 Å². The summed E-state index contributed by atoms with van der Waals surface area (Å²) in [6.45, 7) is 3.44. The molecule has 3 aromatic rings. The smallest absolute Gasteiger partial charge is 0.261 e. The Kier molecular flexibility index (Phi) is 8.61. The molecule has 12 heteroatoms. The van der Waals surface area contributed by atoms with E-state index in [2.05, 4.69) is 16.4 Å². The number of likely N-dealkylation sites (tertiary alicyclic amines) is 1. The van der Waals surface area contributed by atoms with E-state index in [0.717, 1.165) is 12.8 Å². The highest BCUT2D eigenvalue weighted by atomic mass is 35.5. The van der Waals surface area contributed by atoms with Gasteiger partial charge in [0.15, 0.2) is 0 Å². The molecule has 1 amide bonds. The number of nitrogens with one attached hydrogen (secondary N) is 2. The maximum atomic E-state index is 13.2. The molecule has 0 atom stereocenters. The van der Waals surface area contributed by atoms with Gasteiger partial charge < -0.3 is 4.90 Å². The van der Waals surface area contributed by atoms with Crippen LogP contribution in [0.25, 0.3) is 0 Å². The van der Waals surface area contributed by atoms with Gasteiger partial charge in [0.05, 0.1) is 26.1 Å². The minimum atomic E-state index is -4.05. The van der Waals surface area contributed by atoms with Crippen molar-refractivity contribution in [2.75, 3.05) is 28.8 Å². The number of thioether (sulfide) groups is 1. The number of carbonyl (C=O) groups is 1. The number of benzene rings is 3. The van der Waals surface area contributed by atoms with Crippen LogP contribution >= 0.6 is 23.4 Å². The Labute approximate surface area is 232 Å². The number of nitrogens with zero attached hydrogens (tertiary/aromatic N) is 1. The molecule has 3 aromatic carbocycles. The summed E-state index contributed by atoms with van der Waals surface area (Å²) in [5, 5.41) is 0.251. The maximum absolute atomic E-state index is 13.2. The van der Waals surface area contributed by atoms with E-state index in [4.69, 9.17) is 11.6 Å². The monoisotopic (exact) mass is 593 g/mol. The molecule has 1 heterocycles. The second kappa shape index (κ2) is 11.6. The molecular formula is C26H28ClN3O5S3. The second-order valence-corrected chi connectivity index (χ2v) is 13.7. The lowest BCUT2D eigenvalue weighted by atomic mass is 9.98. The molecule has 0 bridgehead atoms. The number of sulfonamides is 2. The van der Waals surface area contributed by atoms with Crippen LogP contribution in [0.1, 0.15) is 30.1 Å². The average molecular weight is 594 g/mol. The topological polar surface area (TPSA) is 113 Å². The normalized spacial score (nSPS) is 14.8. The van der Waals surface area contributed by atoms with Crippen LogP contribution in [-0.4, -0.2) is 47.0 Å². The molecule has 4 rings (SSSR count). The first-order chi connectivity index (χ1) is 18.0. The van der Waals surface area contributed by atoms with Crippen LogP contribution in [0.4, 0.5) is 11.4 Å². The number of rotatable bonds is 8. The summed E-state index contributed by atoms with van der Waals surface area (Å²) in [6.07, 6.45) is 3.67. The number of halogens is 1. The van der Waals surface area contributed by atoms with Crippen molar-refractivity contribution in [3.05, 3.63) is 77.3 Å². The predicted octanol–water partition coefficient (Wildman–Crippen LogP) is 5.54. The van der Waals surface area contributed by atoms with E-state index in [9.17, 15) is 21.6 Å². The Bertz CT molecular complexity index is 1540. The third-order valence-corrected chi connectivity index (χ3v) is 10.2. The highest BCUT2D eigenvalue weighted by Crippen LogP contribution is 2.29. The third kappa shape index (κ3) is 6.45. The summed E-state index contributed by atoms with van der Waals surface area (Å²) in [6, 6.07) is 16.2. The van der Waals surface area contributed by atoms with E-state index < -0.39 is 20.0 Å². The van der Waals surface area contributed by atoms with Crippen molar-refractivity contribution < 1.29 is 21.6 Å². The summed E-state index contributed by atoms with van der Waals surface area (Å²) in [4.78, 5) is 15.6. The molecule has 202 valence electrons. The Morgan fingerprint density at radius 1 is 0.895 bits per heavy atom. The number of hydrogen-bond acceptors (Lipinski definition) is 6. The van der Waals surface area contributed by atoms with E-state index in [1.165, 1.54) is 54.2 Å².